The third-order valence-electron chi connectivity index (χ3n) is 6.23. The molecule has 0 amide bonds. The molecule has 0 saturated heterocycles. The highest BCUT2D eigenvalue weighted by atomic mass is 15.3. The molecule has 0 spiro atoms. The molecule has 1 aliphatic carbocycles. The molecule has 4 aromatic rings. The van der Waals surface area contributed by atoms with Crippen molar-refractivity contribution in [2.24, 2.45) is 5.92 Å². The molecule has 3 heterocycles. The summed E-state index contributed by atoms with van der Waals surface area (Å²) in [6, 6.07) is 11.0. The van der Waals surface area contributed by atoms with Gasteiger partial charge in [0, 0.05) is 36.3 Å². The highest BCUT2D eigenvalue weighted by molar-refractivity contribution is 5.89. The standard InChI is InChI=1S/C26H26N6/c1-2-3-13-31-18-23(16-29-31)20-8-10-21(11-9-20)24-17-30-32-14-12-28-25(26(24)32)22-6-4-19(15-27)5-7-22/h6,8-12,14,16-19H,2-5,7,13H2,1H3. The second kappa shape index (κ2) is 8.80. The van der Waals surface area contributed by atoms with Crippen molar-refractivity contribution >= 4 is 11.1 Å². The number of hydrogen-bond donors (Lipinski definition) is 0. The first-order valence-corrected chi connectivity index (χ1v) is 11.3. The maximum atomic E-state index is 9.21. The van der Waals surface area contributed by atoms with Crippen LogP contribution >= 0.6 is 0 Å². The zero-order valence-corrected chi connectivity index (χ0v) is 18.3. The summed E-state index contributed by atoms with van der Waals surface area (Å²) in [7, 11) is 0. The minimum atomic E-state index is 0.113. The van der Waals surface area contributed by atoms with Gasteiger partial charge in [-0.2, -0.15) is 15.5 Å². The molecule has 3 aromatic heterocycles. The highest BCUT2D eigenvalue weighted by Gasteiger charge is 2.20. The molecule has 0 N–H and O–H groups in total. The molecule has 1 aromatic carbocycles. The number of benzene rings is 1. The average Bonchev–Trinajstić information content (AvgIpc) is 3.50. The lowest BCUT2D eigenvalue weighted by Crippen LogP contribution is -2.05. The van der Waals surface area contributed by atoms with Gasteiger partial charge < -0.3 is 0 Å². The molecule has 0 bridgehead atoms. The number of nitrogens with zero attached hydrogens (tertiary/aromatic N) is 6. The summed E-state index contributed by atoms with van der Waals surface area (Å²) in [6.07, 6.45) is 16.7. The van der Waals surface area contributed by atoms with Gasteiger partial charge >= 0.3 is 0 Å². The van der Waals surface area contributed by atoms with Crippen molar-refractivity contribution in [3.63, 3.8) is 0 Å². The maximum Gasteiger partial charge on any atom is 0.0999 e. The Morgan fingerprint density at radius 2 is 1.94 bits per heavy atom. The summed E-state index contributed by atoms with van der Waals surface area (Å²) in [5.74, 6) is 0.113. The number of aryl methyl sites for hydroxylation is 1. The zero-order valence-electron chi connectivity index (χ0n) is 18.3. The zero-order chi connectivity index (χ0) is 21.9. The van der Waals surface area contributed by atoms with Crippen LogP contribution in [0.5, 0.6) is 0 Å². The molecule has 1 atom stereocenters. The van der Waals surface area contributed by atoms with Gasteiger partial charge in [-0.15, -0.1) is 0 Å². The normalized spacial score (nSPS) is 16.1. The summed E-state index contributed by atoms with van der Waals surface area (Å²) in [5, 5.41) is 18.3. The van der Waals surface area contributed by atoms with E-state index >= 15 is 0 Å². The van der Waals surface area contributed by atoms with Crippen LogP contribution in [-0.4, -0.2) is 24.4 Å². The molecule has 0 radical (unpaired) electrons. The van der Waals surface area contributed by atoms with Crippen molar-refractivity contribution in [1.82, 2.24) is 24.4 Å². The fourth-order valence-corrected chi connectivity index (χ4v) is 4.35. The van der Waals surface area contributed by atoms with Gasteiger partial charge in [0.1, 0.15) is 0 Å². The van der Waals surface area contributed by atoms with Gasteiger partial charge in [0.2, 0.25) is 0 Å². The average molecular weight is 423 g/mol. The van der Waals surface area contributed by atoms with Gasteiger partial charge in [0.05, 0.1) is 35.6 Å². The van der Waals surface area contributed by atoms with Crippen LogP contribution in [0.2, 0.25) is 0 Å². The van der Waals surface area contributed by atoms with Crippen molar-refractivity contribution in [3.8, 4) is 28.3 Å². The summed E-state index contributed by atoms with van der Waals surface area (Å²) in [5.41, 5.74) is 7.68. The smallest absolute Gasteiger partial charge is 0.0999 e. The number of nitriles is 1. The first-order chi connectivity index (χ1) is 15.8. The monoisotopic (exact) mass is 422 g/mol. The Morgan fingerprint density at radius 3 is 2.69 bits per heavy atom. The summed E-state index contributed by atoms with van der Waals surface area (Å²) in [4.78, 5) is 4.71. The molecule has 0 fully saturated rings. The van der Waals surface area contributed by atoms with E-state index in [1.54, 1.807) is 6.20 Å². The molecule has 1 aliphatic rings. The van der Waals surface area contributed by atoms with Crippen molar-refractivity contribution in [2.45, 2.75) is 45.6 Å². The molecular weight excluding hydrogens is 396 g/mol. The van der Waals surface area contributed by atoms with E-state index in [4.69, 9.17) is 4.98 Å². The summed E-state index contributed by atoms with van der Waals surface area (Å²) >= 11 is 0. The minimum absolute atomic E-state index is 0.113. The third-order valence-corrected chi connectivity index (χ3v) is 6.23. The van der Waals surface area contributed by atoms with E-state index in [1.807, 2.05) is 27.8 Å². The van der Waals surface area contributed by atoms with E-state index in [2.05, 4.69) is 59.7 Å². The third kappa shape index (κ3) is 3.82. The predicted octanol–water partition coefficient (Wildman–Crippen LogP) is 5.77. The van der Waals surface area contributed by atoms with Crippen molar-refractivity contribution < 1.29 is 0 Å². The number of unbranched alkanes of at least 4 members (excludes halogenated alkanes) is 1. The molecule has 0 saturated carbocycles. The maximum absolute atomic E-state index is 9.21. The highest BCUT2D eigenvalue weighted by Crippen LogP contribution is 2.35. The van der Waals surface area contributed by atoms with E-state index in [9.17, 15) is 5.26 Å². The second-order valence-electron chi connectivity index (χ2n) is 8.38. The quantitative estimate of drug-likeness (QED) is 0.396. The van der Waals surface area contributed by atoms with Gasteiger partial charge in [0.25, 0.3) is 0 Å². The fourth-order valence-electron chi connectivity index (χ4n) is 4.35. The molecule has 1 unspecified atom stereocenters. The minimum Gasteiger partial charge on any atom is -0.272 e. The van der Waals surface area contributed by atoms with E-state index in [-0.39, 0.29) is 5.92 Å². The summed E-state index contributed by atoms with van der Waals surface area (Å²) in [6.45, 7) is 3.15. The molecule has 0 aliphatic heterocycles. The number of allylic oxidation sites excluding steroid dienone is 2. The molecule has 6 heteroatoms. The number of hydrogen-bond acceptors (Lipinski definition) is 4. The van der Waals surface area contributed by atoms with Crippen LogP contribution < -0.4 is 0 Å². The Labute approximate surface area is 187 Å². The van der Waals surface area contributed by atoms with Gasteiger partial charge in [0.15, 0.2) is 0 Å². The van der Waals surface area contributed by atoms with E-state index in [0.717, 1.165) is 72.1 Å². The molecule has 5 rings (SSSR count). The van der Waals surface area contributed by atoms with E-state index < -0.39 is 0 Å². The SMILES string of the molecule is CCCCn1cc(-c2ccc(-c3cnn4ccnc(C5=CCC(C#N)CC5)c34)cc2)cn1. The van der Waals surface area contributed by atoms with Crippen LogP contribution in [0.4, 0.5) is 0 Å². The van der Waals surface area contributed by atoms with E-state index in [0.29, 0.717) is 0 Å². The van der Waals surface area contributed by atoms with Crippen molar-refractivity contribution in [2.75, 3.05) is 0 Å². The first-order valence-electron chi connectivity index (χ1n) is 11.3. The molecule has 32 heavy (non-hydrogen) atoms. The molecular formula is C26H26N6. The molecule has 160 valence electrons. The topological polar surface area (TPSA) is 71.8 Å². The lowest BCUT2D eigenvalue weighted by atomic mass is 9.88. The van der Waals surface area contributed by atoms with Crippen LogP contribution in [0.1, 0.15) is 44.7 Å². The Balaban J connectivity index is 1.47. The lowest BCUT2D eigenvalue weighted by molar-refractivity contribution is 0.572. The van der Waals surface area contributed by atoms with Gasteiger partial charge in [-0.1, -0.05) is 43.7 Å². The number of rotatable bonds is 6. The Hall–Kier alpha value is -3.72. The van der Waals surface area contributed by atoms with Gasteiger partial charge in [-0.3, -0.25) is 9.67 Å². The number of aromatic nitrogens is 5. The van der Waals surface area contributed by atoms with Gasteiger partial charge in [-0.25, -0.2) is 4.52 Å². The van der Waals surface area contributed by atoms with Crippen LogP contribution in [-0.2, 0) is 6.54 Å². The Bertz CT molecular complexity index is 1300. The Kier molecular flexibility index (Phi) is 5.55. The first kappa shape index (κ1) is 20.2. The van der Waals surface area contributed by atoms with Crippen LogP contribution in [0.25, 0.3) is 33.3 Å². The Morgan fingerprint density at radius 1 is 1.09 bits per heavy atom. The lowest BCUT2D eigenvalue weighted by Gasteiger charge is -2.17. The van der Waals surface area contributed by atoms with Gasteiger partial charge in [-0.05, 0) is 42.4 Å². The van der Waals surface area contributed by atoms with Crippen molar-refractivity contribution in [1.29, 1.82) is 5.26 Å². The second-order valence-corrected chi connectivity index (χ2v) is 8.38. The molecule has 6 nitrogen and oxygen atoms in total. The van der Waals surface area contributed by atoms with Crippen LogP contribution in [0.15, 0.2) is 61.3 Å². The fraction of sp³-hybridized carbons (Fsp3) is 0.308. The van der Waals surface area contributed by atoms with Crippen LogP contribution in [0, 0.1) is 17.2 Å². The van der Waals surface area contributed by atoms with Crippen molar-refractivity contribution in [3.05, 3.63) is 67.0 Å². The predicted molar refractivity (Wildman–Crippen MR) is 125 cm³/mol. The largest absolute Gasteiger partial charge is 0.272 e. The van der Waals surface area contributed by atoms with Crippen LogP contribution in [0.3, 0.4) is 0 Å². The summed E-state index contributed by atoms with van der Waals surface area (Å²) < 4.78 is 3.92. The van der Waals surface area contributed by atoms with E-state index in [1.165, 1.54) is 5.57 Å². The number of fused-ring (bicyclic) bond motifs is 1.